The first-order valence-corrected chi connectivity index (χ1v) is 6.09. The average molecular weight is 266 g/mol. The molecule has 2 aliphatic rings. The van der Waals surface area contributed by atoms with Gasteiger partial charge in [0.25, 0.3) is 0 Å². The summed E-state index contributed by atoms with van der Waals surface area (Å²) in [7, 11) is 0. The van der Waals surface area contributed by atoms with Crippen LogP contribution in [0.25, 0.3) is 0 Å². The van der Waals surface area contributed by atoms with E-state index in [2.05, 4.69) is 20.8 Å². The number of fused-ring (bicyclic) bond motifs is 1. The smallest absolute Gasteiger partial charge is 0.177 e. The molecule has 3 heteroatoms. The van der Waals surface area contributed by atoms with Crippen LogP contribution < -0.4 is 0 Å². The van der Waals surface area contributed by atoms with Gasteiger partial charge in [-0.05, 0) is 24.5 Å². The highest BCUT2D eigenvalue weighted by Gasteiger charge is 2.34. The van der Waals surface area contributed by atoms with Crippen LogP contribution in [0, 0.1) is 0 Å². The van der Waals surface area contributed by atoms with Gasteiger partial charge in [-0.15, -0.1) is 0 Å². The van der Waals surface area contributed by atoms with Crippen LogP contribution in [0.5, 0.6) is 0 Å². The predicted octanol–water partition coefficient (Wildman–Crippen LogP) is 2.61. The van der Waals surface area contributed by atoms with Crippen molar-refractivity contribution < 1.29 is 4.79 Å². The number of rotatable bonds is 1. The number of carbonyl (C=O) groups is 1. The molecule has 1 heterocycles. The lowest BCUT2D eigenvalue weighted by Crippen LogP contribution is -2.36. The zero-order valence-electron chi connectivity index (χ0n) is 8.37. The first-order chi connectivity index (χ1) is 7.25. The average Bonchev–Trinajstić information content (AvgIpc) is 3.02. The van der Waals surface area contributed by atoms with Gasteiger partial charge in [0.15, 0.2) is 5.78 Å². The number of Topliss-reactive ketones (excluding diaryl/α,β-unsaturated/α-hetero) is 1. The van der Waals surface area contributed by atoms with Crippen molar-refractivity contribution in [1.29, 1.82) is 0 Å². The van der Waals surface area contributed by atoms with E-state index in [0.717, 1.165) is 16.6 Å². The standard InChI is InChI=1S/C12H12BrNO/c13-11-3-1-2-9-10(11)6-14(7-12(9)15)8-4-5-8/h1-3,8H,4-7H2. The van der Waals surface area contributed by atoms with Crippen molar-refractivity contribution in [3.63, 3.8) is 0 Å². The molecule has 15 heavy (non-hydrogen) atoms. The van der Waals surface area contributed by atoms with Crippen molar-refractivity contribution in [3.8, 4) is 0 Å². The summed E-state index contributed by atoms with van der Waals surface area (Å²) in [5, 5.41) is 0. The molecule has 0 amide bonds. The van der Waals surface area contributed by atoms with Gasteiger partial charge in [-0.2, -0.15) is 0 Å². The van der Waals surface area contributed by atoms with E-state index in [4.69, 9.17) is 0 Å². The van der Waals surface area contributed by atoms with Gasteiger partial charge in [-0.25, -0.2) is 0 Å². The zero-order valence-corrected chi connectivity index (χ0v) is 9.96. The van der Waals surface area contributed by atoms with Gasteiger partial charge in [-0.1, -0.05) is 28.1 Å². The summed E-state index contributed by atoms with van der Waals surface area (Å²) in [5.41, 5.74) is 2.07. The van der Waals surface area contributed by atoms with Crippen LogP contribution in [-0.2, 0) is 6.54 Å². The summed E-state index contributed by atoms with van der Waals surface area (Å²) < 4.78 is 1.07. The third-order valence-corrected chi connectivity index (χ3v) is 3.93. The Morgan fingerprint density at radius 1 is 1.27 bits per heavy atom. The Morgan fingerprint density at radius 2 is 2.07 bits per heavy atom. The molecule has 78 valence electrons. The molecule has 1 aromatic rings. The van der Waals surface area contributed by atoms with E-state index in [0.29, 0.717) is 12.6 Å². The summed E-state index contributed by atoms with van der Waals surface area (Å²) in [6.45, 7) is 1.53. The van der Waals surface area contributed by atoms with Gasteiger partial charge in [0.1, 0.15) is 0 Å². The monoisotopic (exact) mass is 265 g/mol. The normalized spacial score (nSPS) is 21.5. The number of hydrogen-bond donors (Lipinski definition) is 0. The number of nitrogens with zero attached hydrogens (tertiary/aromatic N) is 1. The van der Waals surface area contributed by atoms with Crippen molar-refractivity contribution >= 4 is 21.7 Å². The van der Waals surface area contributed by atoms with E-state index in [9.17, 15) is 4.79 Å². The quantitative estimate of drug-likeness (QED) is 0.778. The van der Waals surface area contributed by atoms with Crippen LogP contribution in [0.15, 0.2) is 22.7 Å². The van der Waals surface area contributed by atoms with E-state index in [1.807, 2.05) is 18.2 Å². The molecule has 0 spiro atoms. The second-order valence-corrected chi connectivity index (χ2v) is 5.18. The Hall–Kier alpha value is -0.670. The maximum atomic E-state index is 11.9. The minimum absolute atomic E-state index is 0.268. The summed E-state index contributed by atoms with van der Waals surface area (Å²) in [5.74, 6) is 0.268. The molecule has 0 unspecified atom stereocenters. The van der Waals surface area contributed by atoms with Gasteiger partial charge in [-0.3, -0.25) is 9.69 Å². The Balaban J connectivity index is 2.01. The largest absolute Gasteiger partial charge is 0.293 e. The van der Waals surface area contributed by atoms with Crippen LogP contribution in [0.4, 0.5) is 0 Å². The minimum atomic E-state index is 0.268. The number of ketones is 1. The van der Waals surface area contributed by atoms with E-state index >= 15 is 0 Å². The highest BCUT2D eigenvalue weighted by Crippen LogP contribution is 2.33. The summed E-state index contributed by atoms with van der Waals surface area (Å²) in [4.78, 5) is 14.2. The molecule has 1 aromatic carbocycles. The molecule has 0 aromatic heterocycles. The second kappa shape index (κ2) is 3.42. The van der Waals surface area contributed by atoms with Crippen molar-refractivity contribution in [2.24, 2.45) is 0 Å². The van der Waals surface area contributed by atoms with Crippen LogP contribution in [0.1, 0.15) is 28.8 Å². The van der Waals surface area contributed by atoms with Gasteiger partial charge in [0, 0.05) is 22.6 Å². The van der Waals surface area contributed by atoms with Crippen LogP contribution in [0.2, 0.25) is 0 Å². The SMILES string of the molecule is O=C1CN(C2CC2)Cc2c(Br)cccc21. The molecule has 1 fully saturated rings. The number of halogens is 1. The Labute approximate surface area is 97.4 Å². The second-order valence-electron chi connectivity index (χ2n) is 4.33. The lowest BCUT2D eigenvalue weighted by Gasteiger charge is -2.28. The molecule has 1 aliphatic carbocycles. The summed E-state index contributed by atoms with van der Waals surface area (Å²) in [6, 6.07) is 6.55. The number of benzene rings is 1. The summed E-state index contributed by atoms with van der Waals surface area (Å²) >= 11 is 3.53. The molecule has 1 saturated carbocycles. The Kier molecular flexibility index (Phi) is 2.18. The molecule has 3 rings (SSSR count). The van der Waals surface area contributed by atoms with Crippen LogP contribution in [0.3, 0.4) is 0 Å². The van der Waals surface area contributed by atoms with Gasteiger partial charge >= 0.3 is 0 Å². The zero-order chi connectivity index (χ0) is 10.4. The van der Waals surface area contributed by atoms with Gasteiger partial charge in [0.05, 0.1) is 6.54 Å². The molecule has 0 bridgehead atoms. The van der Waals surface area contributed by atoms with Gasteiger partial charge in [0.2, 0.25) is 0 Å². The molecule has 0 saturated heterocycles. The molecular weight excluding hydrogens is 254 g/mol. The number of carbonyl (C=O) groups excluding carboxylic acids is 1. The van der Waals surface area contributed by atoms with E-state index in [1.54, 1.807) is 0 Å². The topological polar surface area (TPSA) is 20.3 Å². The molecule has 0 radical (unpaired) electrons. The van der Waals surface area contributed by atoms with E-state index in [1.165, 1.54) is 18.4 Å². The minimum Gasteiger partial charge on any atom is -0.293 e. The first kappa shape index (κ1) is 9.55. The maximum Gasteiger partial charge on any atom is 0.177 e. The molecule has 0 N–H and O–H groups in total. The van der Waals surface area contributed by atoms with Crippen molar-refractivity contribution in [2.75, 3.05) is 6.54 Å². The Bertz CT molecular complexity index is 426. The molecule has 0 atom stereocenters. The Morgan fingerprint density at radius 3 is 2.80 bits per heavy atom. The first-order valence-electron chi connectivity index (χ1n) is 5.30. The van der Waals surface area contributed by atoms with Crippen molar-refractivity contribution in [2.45, 2.75) is 25.4 Å². The van der Waals surface area contributed by atoms with Gasteiger partial charge < -0.3 is 0 Å². The fourth-order valence-corrected chi connectivity index (χ4v) is 2.70. The lowest BCUT2D eigenvalue weighted by atomic mass is 9.99. The molecule has 2 nitrogen and oxygen atoms in total. The fraction of sp³-hybridized carbons (Fsp3) is 0.417. The fourth-order valence-electron chi connectivity index (χ4n) is 2.21. The van der Waals surface area contributed by atoms with Crippen LogP contribution >= 0.6 is 15.9 Å². The highest BCUT2D eigenvalue weighted by atomic mass is 79.9. The third kappa shape index (κ3) is 1.64. The van der Waals surface area contributed by atoms with Crippen molar-refractivity contribution in [3.05, 3.63) is 33.8 Å². The third-order valence-electron chi connectivity index (χ3n) is 3.19. The lowest BCUT2D eigenvalue weighted by molar-refractivity contribution is 0.0893. The molecular formula is C12H12BrNO. The van der Waals surface area contributed by atoms with Crippen molar-refractivity contribution in [1.82, 2.24) is 4.90 Å². The maximum absolute atomic E-state index is 11.9. The van der Waals surface area contributed by atoms with E-state index in [-0.39, 0.29) is 5.78 Å². The predicted molar refractivity (Wildman–Crippen MR) is 61.9 cm³/mol. The van der Waals surface area contributed by atoms with Crippen LogP contribution in [-0.4, -0.2) is 23.3 Å². The summed E-state index contributed by atoms with van der Waals surface area (Å²) in [6.07, 6.45) is 2.51. The number of hydrogen-bond acceptors (Lipinski definition) is 2. The highest BCUT2D eigenvalue weighted by molar-refractivity contribution is 9.10. The van der Waals surface area contributed by atoms with E-state index < -0.39 is 0 Å². The molecule has 1 aliphatic heterocycles.